The van der Waals surface area contributed by atoms with E-state index in [1.54, 1.807) is 11.3 Å². The van der Waals surface area contributed by atoms with Gasteiger partial charge in [-0.05, 0) is 19.1 Å². The van der Waals surface area contributed by atoms with Gasteiger partial charge in [-0.15, -0.1) is 16.4 Å². The van der Waals surface area contributed by atoms with E-state index in [0.717, 1.165) is 23.8 Å². The highest BCUT2D eigenvalue weighted by Crippen LogP contribution is 2.20. The van der Waals surface area contributed by atoms with Crippen LogP contribution in [0.25, 0.3) is 0 Å². The lowest BCUT2D eigenvalue weighted by atomic mass is 10.2. The van der Waals surface area contributed by atoms with Crippen molar-refractivity contribution >= 4 is 17.2 Å². The Bertz CT molecular complexity index is 504. The Morgan fingerprint density at radius 3 is 2.61 bits per heavy atom. The first-order chi connectivity index (χ1) is 8.56. The van der Waals surface area contributed by atoms with Gasteiger partial charge in [-0.3, -0.25) is 0 Å². The summed E-state index contributed by atoms with van der Waals surface area (Å²) in [6.45, 7) is 7.03. The molecule has 0 aliphatic heterocycles. The Hall–Kier alpha value is -1.49. The van der Waals surface area contributed by atoms with Crippen LogP contribution in [0.3, 0.4) is 0 Å². The SMILES string of the molecule is Cc1ccc(N(C)Cc2csc(C(C)C)n2)nn1. The van der Waals surface area contributed by atoms with Crippen molar-refractivity contribution in [2.75, 3.05) is 11.9 Å². The highest BCUT2D eigenvalue weighted by molar-refractivity contribution is 7.09. The maximum atomic E-state index is 4.62. The Labute approximate surface area is 112 Å². The first-order valence-corrected chi connectivity index (χ1v) is 6.90. The summed E-state index contributed by atoms with van der Waals surface area (Å²) in [7, 11) is 2.01. The zero-order chi connectivity index (χ0) is 13.1. The Morgan fingerprint density at radius 1 is 1.28 bits per heavy atom. The smallest absolute Gasteiger partial charge is 0.151 e. The molecule has 2 heterocycles. The van der Waals surface area contributed by atoms with Gasteiger partial charge in [0.1, 0.15) is 0 Å². The van der Waals surface area contributed by atoms with Gasteiger partial charge in [-0.25, -0.2) is 4.98 Å². The van der Waals surface area contributed by atoms with E-state index in [4.69, 9.17) is 0 Å². The van der Waals surface area contributed by atoms with Crippen molar-refractivity contribution in [1.82, 2.24) is 15.2 Å². The van der Waals surface area contributed by atoms with Gasteiger partial charge in [0.25, 0.3) is 0 Å². The highest BCUT2D eigenvalue weighted by atomic mass is 32.1. The predicted molar refractivity (Wildman–Crippen MR) is 75.1 cm³/mol. The van der Waals surface area contributed by atoms with Crippen LogP contribution in [0, 0.1) is 6.92 Å². The summed E-state index contributed by atoms with van der Waals surface area (Å²) in [5, 5.41) is 11.5. The highest BCUT2D eigenvalue weighted by Gasteiger charge is 2.09. The lowest BCUT2D eigenvalue weighted by molar-refractivity contribution is 0.809. The average molecular weight is 262 g/mol. The van der Waals surface area contributed by atoms with Gasteiger partial charge in [0.2, 0.25) is 0 Å². The van der Waals surface area contributed by atoms with E-state index in [9.17, 15) is 0 Å². The molecule has 4 nitrogen and oxygen atoms in total. The van der Waals surface area contributed by atoms with Crippen molar-refractivity contribution < 1.29 is 0 Å². The number of anilines is 1. The molecule has 0 aliphatic rings. The molecule has 0 unspecified atom stereocenters. The topological polar surface area (TPSA) is 41.9 Å². The Kier molecular flexibility index (Phi) is 3.91. The van der Waals surface area contributed by atoms with Gasteiger partial charge < -0.3 is 4.90 Å². The minimum absolute atomic E-state index is 0.494. The van der Waals surface area contributed by atoms with Crippen molar-refractivity contribution in [1.29, 1.82) is 0 Å². The summed E-state index contributed by atoms with van der Waals surface area (Å²) in [4.78, 5) is 6.68. The lowest BCUT2D eigenvalue weighted by Crippen LogP contribution is -2.18. The summed E-state index contributed by atoms with van der Waals surface area (Å²) in [5.41, 5.74) is 2.02. The molecule has 0 atom stereocenters. The van der Waals surface area contributed by atoms with Crippen LogP contribution in [0.1, 0.15) is 36.2 Å². The van der Waals surface area contributed by atoms with Crippen molar-refractivity contribution in [3.05, 3.63) is 33.9 Å². The Balaban J connectivity index is 2.06. The fourth-order valence-electron chi connectivity index (χ4n) is 1.58. The molecule has 0 bridgehead atoms. The normalized spacial score (nSPS) is 10.9. The molecule has 2 rings (SSSR count). The first-order valence-electron chi connectivity index (χ1n) is 6.02. The van der Waals surface area contributed by atoms with Crippen LogP contribution in [0.4, 0.5) is 5.82 Å². The second-order valence-electron chi connectivity index (χ2n) is 4.72. The maximum absolute atomic E-state index is 4.62. The van der Waals surface area contributed by atoms with E-state index >= 15 is 0 Å². The Morgan fingerprint density at radius 2 is 2.06 bits per heavy atom. The van der Waals surface area contributed by atoms with Crippen molar-refractivity contribution in [3.63, 3.8) is 0 Å². The van der Waals surface area contributed by atoms with Crippen LogP contribution in [0.5, 0.6) is 0 Å². The maximum Gasteiger partial charge on any atom is 0.151 e. The lowest BCUT2D eigenvalue weighted by Gasteiger charge is -2.15. The van der Waals surface area contributed by atoms with Gasteiger partial charge in [-0.1, -0.05) is 13.8 Å². The molecule has 18 heavy (non-hydrogen) atoms. The molecule has 0 spiro atoms. The van der Waals surface area contributed by atoms with Gasteiger partial charge in [0, 0.05) is 18.3 Å². The molecule has 2 aromatic heterocycles. The molecule has 0 N–H and O–H groups in total. The molecular formula is C13H18N4S. The standard InChI is InChI=1S/C13H18N4S/c1-9(2)13-14-11(8-18-13)7-17(4)12-6-5-10(3)15-16-12/h5-6,8-9H,7H2,1-4H3. The zero-order valence-corrected chi connectivity index (χ0v) is 12.0. The molecule has 0 aliphatic carbocycles. The second kappa shape index (κ2) is 5.44. The van der Waals surface area contributed by atoms with E-state index in [2.05, 4.69) is 39.3 Å². The first kappa shape index (κ1) is 13.0. The molecule has 96 valence electrons. The molecule has 0 fully saturated rings. The second-order valence-corrected chi connectivity index (χ2v) is 5.61. The van der Waals surface area contributed by atoms with Crippen LogP contribution >= 0.6 is 11.3 Å². The quantitative estimate of drug-likeness (QED) is 0.849. The zero-order valence-electron chi connectivity index (χ0n) is 11.2. The molecule has 5 heteroatoms. The minimum Gasteiger partial charge on any atom is -0.352 e. The molecule has 0 aromatic carbocycles. The third-order valence-electron chi connectivity index (χ3n) is 2.64. The molecule has 0 saturated carbocycles. The number of aromatic nitrogens is 3. The van der Waals surface area contributed by atoms with Crippen LogP contribution in [0.15, 0.2) is 17.5 Å². The summed E-state index contributed by atoms with van der Waals surface area (Å²) in [5.74, 6) is 1.37. The fourth-order valence-corrected chi connectivity index (χ4v) is 2.41. The number of hydrogen-bond donors (Lipinski definition) is 0. The van der Waals surface area contributed by atoms with Gasteiger partial charge >= 0.3 is 0 Å². The summed E-state index contributed by atoms with van der Waals surface area (Å²) in [6.07, 6.45) is 0. The number of nitrogens with zero attached hydrogens (tertiary/aromatic N) is 4. The van der Waals surface area contributed by atoms with E-state index in [1.807, 2.05) is 26.1 Å². The predicted octanol–water partition coefficient (Wildman–Crippen LogP) is 3.00. The number of aryl methyl sites for hydroxylation is 1. The summed E-state index contributed by atoms with van der Waals surface area (Å²) < 4.78 is 0. The summed E-state index contributed by atoms with van der Waals surface area (Å²) >= 11 is 1.72. The van der Waals surface area contributed by atoms with E-state index in [0.29, 0.717) is 5.92 Å². The monoisotopic (exact) mass is 262 g/mol. The van der Waals surface area contributed by atoms with Crippen LogP contribution in [-0.2, 0) is 6.54 Å². The molecular weight excluding hydrogens is 244 g/mol. The molecule has 0 radical (unpaired) electrons. The van der Waals surface area contributed by atoms with Gasteiger partial charge in [-0.2, -0.15) is 5.10 Å². The van der Waals surface area contributed by atoms with E-state index in [-0.39, 0.29) is 0 Å². The fraction of sp³-hybridized carbons (Fsp3) is 0.462. The molecule has 2 aromatic rings. The third-order valence-corrected chi connectivity index (χ3v) is 3.83. The molecule has 0 saturated heterocycles. The number of thiazole rings is 1. The van der Waals surface area contributed by atoms with Crippen LogP contribution in [-0.4, -0.2) is 22.2 Å². The summed E-state index contributed by atoms with van der Waals surface area (Å²) in [6, 6.07) is 3.96. The van der Waals surface area contributed by atoms with E-state index in [1.165, 1.54) is 5.01 Å². The average Bonchev–Trinajstić information content (AvgIpc) is 2.78. The number of hydrogen-bond acceptors (Lipinski definition) is 5. The van der Waals surface area contributed by atoms with Crippen LogP contribution < -0.4 is 4.90 Å². The largest absolute Gasteiger partial charge is 0.352 e. The van der Waals surface area contributed by atoms with Gasteiger partial charge in [0.05, 0.1) is 22.9 Å². The van der Waals surface area contributed by atoms with Gasteiger partial charge in [0.15, 0.2) is 5.82 Å². The van der Waals surface area contributed by atoms with Crippen molar-refractivity contribution in [3.8, 4) is 0 Å². The third kappa shape index (κ3) is 3.04. The molecule has 0 amide bonds. The van der Waals surface area contributed by atoms with Crippen molar-refractivity contribution in [2.45, 2.75) is 33.2 Å². The van der Waals surface area contributed by atoms with E-state index < -0.39 is 0 Å². The van der Waals surface area contributed by atoms with Crippen molar-refractivity contribution in [2.24, 2.45) is 0 Å². The minimum atomic E-state index is 0.494. The number of rotatable bonds is 4. The van der Waals surface area contributed by atoms with Crippen LogP contribution in [0.2, 0.25) is 0 Å².